The minimum Gasteiger partial charge on any atom is -0.339 e. The highest BCUT2D eigenvalue weighted by Crippen LogP contribution is 2.29. The molecule has 0 bridgehead atoms. The van der Waals surface area contributed by atoms with E-state index < -0.39 is 0 Å². The molecule has 2 aliphatic heterocycles. The van der Waals surface area contributed by atoms with Crippen molar-refractivity contribution in [2.75, 3.05) is 20.1 Å². The fourth-order valence-electron chi connectivity index (χ4n) is 3.82. The summed E-state index contributed by atoms with van der Waals surface area (Å²) in [6.07, 6.45) is 1.86. The van der Waals surface area contributed by atoms with E-state index in [0.717, 1.165) is 17.7 Å². The van der Waals surface area contributed by atoms with Crippen molar-refractivity contribution in [2.24, 2.45) is 0 Å². The first-order chi connectivity index (χ1) is 12.6. The predicted octanol–water partition coefficient (Wildman–Crippen LogP) is 2.93. The Morgan fingerprint density at radius 1 is 0.923 bits per heavy atom. The number of likely N-dealkylation sites (tertiary alicyclic amines) is 1. The zero-order chi connectivity index (χ0) is 18.3. The smallest absolute Gasteiger partial charge is 0.261 e. The maximum Gasteiger partial charge on any atom is 0.261 e. The van der Waals surface area contributed by atoms with Crippen molar-refractivity contribution in [3.05, 3.63) is 70.8 Å². The van der Waals surface area contributed by atoms with E-state index in [9.17, 15) is 14.4 Å². The molecule has 2 aliphatic rings. The summed E-state index contributed by atoms with van der Waals surface area (Å²) in [4.78, 5) is 39.9. The molecule has 0 aromatic heterocycles. The second kappa shape index (κ2) is 6.41. The molecule has 0 atom stereocenters. The largest absolute Gasteiger partial charge is 0.339 e. The molecule has 0 spiro atoms. The zero-order valence-electron chi connectivity index (χ0n) is 14.6. The molecule has 0 saturated carbocycles. The summed E-state index contributed by atoms with van der Waals surface area (Å²) < 4.78 is 0. The Bertz CT molecular complexity index is 883. The molecule has 132 valence electrons. The summed E-state index contributed by atoms with van der Waals surface area (Å²) in [5.74, 6) is -0.252. The van der Waals surface area contributed by atoms with Crippen LogP contribution in [-0.4, -0.2) is 47.7 Å². The van der Waals surface area contributed by atoms with Crippen molar-refractivity contribution >= 4 is 17.7 Å². The SMILES string of the molecule is CN1C(=O)c2ccc(C(=O)N3CCC(c4ccccc4)CC3)cc2C1=O. The van der Waals surface area contributed by atoms with E-state index >= 15 is 0 Å². The molecule has 2 aromatic carbocycles. The van der Waals surface area contributed by atoms with Gasteiger partial charge in [-0.25, -0.2) is 0 Å². The van der Waals surface area contributed by atoms with Crippen molar-refractivity contribution in [1.29, 1.82) is 0 Å². The number of rotatable bonds is 2. The lowest BCUT2D eigenvalue weighted by Gasteiger charge is -2.32. The van der Waals surface area contributed by atoms with Crippen LogP contribution in [0.3, 0.4) is 0 Å². The Morgan fingerprint density at radius 2 is 1.58 bits per heavy atom. The average molecular weight is 348 g/mol. The molecule has 1 fully saturated rings. The minimum atomic E-state index is -0.345. The van der Waals surface area contributed by atoms with Gasteiger partial charge in [-0.15, -0.1) is 0 Å². The summed E-state index contributed by atoms with van der Waals surface area (Å²) >= 11 is 0. The number of hydrogen-bond acceptors (Lipinski definition) is 3. The number of carbonyl (C=O) groups is 3. The van der Waals surface area contributed by atoms with Gasteiger partial charge in [0, 0.05) is 25.7 Å². The van der Waals surface area contributed by atoms with E-state index in [1.54, 1.807) is 18.2 Å². The number of piperidine rings is 1. The molecule has 0 aliphatic carbocycles. The third-order valence-corrected chi connectivity index (χ3v) is 5.39. The second-order valence-corrected chi connectivity index (χ2v) is 6.91. The van der Waals surface area contributed by atoms with Gasteiger partial charge < -0.3 is 4.90 Å². The number of carbonyl (C=O) groups excluding carboxylic acids is 3. The van der Waals surface area contributed by atoms with Gasteiger partial charge in [-0.2, -0.15) is 0 Å². The first-order valence-corrected chi connectivity index (χ1v) is 8.87. The van der Waals surface area contributed by atoms with E-state index in [1.807, 2.05) is 23.1 Å². The van der Waals surface area contributed by atoms with Crippen LogP contribution in [0.2, 0.25) is 0 Å². The molecule has 1 saturated heterocycles. The number of fused-ring (bicyclic) bond motifs is 1. The monoisotopic (exact) mass is 348 g/mol. The van der Waals surface area contributed by atoms with Gasteiger partial charge in [0.2, 0.25) is 0 Å². The molecule has 4 rings (SSSR count). The fourth-order valence-corrected chi connectivity index (χ4v) is 3.82. The molecule has 5 nitrogen and oxygen atoms in total. The van der Waals surface area contributed by atoms with Crippen molar-refractivity contribution in [2.45, 2.75) is 18.8 Å². The number of hydrogen-bond donors (Lipinski definition) is 0. The quantitative estimate of drug-likeness (QED) is 0.784. The van der Waals surface area contributed by atoms with Gasteiger partial charge in [-0.3, -0.25) is 19.3 Å². The van der Waals surface area contributed by atoms with Crippen LogP contribution in [0.25, 0.3) is 0 Å². The summed E-state index contributed by atoms with van der Waals surface area (Å²) in [5.41, 5.74) is 2.49. The first kappa shape index (κ1) is 16.5. The van der Waals surface area contributed by atoms with Gasteiger partial charge in [0.05, 0.1) is 11.1 Å². The predicted molar refractivity (Wildman–Crippen MR) is 97.2 cm³/mol. The van der Waals surface area contributed by atoms with E-state index in [0.29, 0.717) is 35.7 Å². The fraction of sp³-hybridized carbons (Fsp3) is 0.286. The van der Waals surface area contributed by atoms with Crippen molar-refractivity contribution < 1.29 is 14.4 Å². The number of nitrogens with zero attached hydrogens (tertiary/aromatic N) is 2. The van der Waals surface area contributed by atoms with Gasteiger partial charge in [0.1, 0.15) is 0 Å². The van der Waals surface area contributed by atoms with Crippen LogP contribution >= 0.6 is 0 Å². The molecule has 3 amide bonds. The van der Waals surface area contributed by atoms with Gasteiger partial charge in [-0.1, -0.05) is 30.3 Å². The molecule has 2 heterocycles. The van der Waals surface area contributed by atoms with Gasteiger partial charge in [0.25, 0.3) is 17.7 Å². The van der Waals surface area contributed by atoms with E-state index in [-0.39, 0.29) is 17.7 Å². The first-order valence-electron chi connectivity index (χ1n) is 8.87. The Kier molecular flexibility index (Phi) is 4.07. The maximum atomic E-state index is 12.8. The topological polar surface area (TPSA) is 57.7 Å². The minimum absolute atomic E-state index is 0.0749. The Hall–Kier alpha value is -2.95. The van der Waals surface area contributed by atoms with Crippen LogP contribution < -0.4 is 0 Å². The van der Waals surface area contributed by atoms with Crippen LogP contribution in [-0.2, 0) is 0 Å². The summed E-state index contributed by atoms with van der Waals surface area (Å²) in [5, 5.41) is 0. The van der Waals surface area contributed by atoms with Gasteiger partial charge in [-0.05, 0) is 42.5 Å². The second-order valence-electron chi connectivity index (χ2n) is 6.91. The highest BCUT2D eigenvalue weighted by molar-refractivity contribution is 6.21. The van der Waals surface area contributed by atoms with E-state index in [2.05, 4.69) is 12.1 Å². The number of benzene rings is 2. The number of imide groups is 1. The summed E-state index contributed by atoms with van der Waals surface area (Å²) in [6, 6.07) is 15.2. The lowest BCUT2D eigenvalue weighted by atomic mass is 9.89. The lowest BCUT2D eigenvalue weighted by molar-refractivity contribution is 0.0690. The summed E-state index contributed by atoms with van der Waals surface area (Å²) in [6.45, 7) is 1.39. The van der Waals surface area contributed by atoms with Crippen LogP contribution in [0.5, 0.6) is 0 Å². The third-order valence-electron chi connectivity index (χ3n) is 5.39. The third kappa shape index (κ3) is 2.69. The van der Waals surface area contributed by atoms with Crippen LogP contribution in [0.4, 0.5) is 0 Å². The van der Waals surface area contributed by atoms with Crippen molar-refractivity contribution in [1.82, 2.24) is 9.80 Å². The highest BCUT2D eigenvalue weighted by atomic mass is 16.2. The van der Waals surface area contributed by atoms with Crippen molar-refractivity contribution in [3.8, 4) is 0 Å². The van der Waals surface area contributed by atoms with E-state index in [4.69, 9.17) is 0 Å². The molecule has 26 heavy (non-hydrogen) atoms. The van der Waals surface area contributed by atoms with Gasteiger partial charge >= 0.3 is 0 Å². The Balaban J connectivity index is 1.48. The molecular weight excluding hydrogens is 328 g/mol. The molecule has 2 aromatic rings. The van der Waals surface area contributed by atoms with Crippen LogP contribution in [0.1, 0.15) is 55.4 Å². The number of amides is 3. The molecular formula is C21H20N2O3. The normalized spacial score (nSPS) is 17.6. The van der Waals surface area contributed by atoms with Crippen LogP contribution in [0.15, 0.2) is 48.5 Å². The molecule has 0 N–H and O–H groups in total. The van der Waals surface area contributed by atoms with E-state index in [1.165, 1.54) is 12.6 Å². The zero-order valence-corrected chi connectivity index (χ0v) is 14.6. The Labute approximate surface area is 152 Å². The standard InChI is InChI=1S/C21H20N2O3/c1-22-20(25)17-8-7-16(13-18(17)21(22)26)19(24)23-11-9-15(10-12-23)14-5-3-2-4-6-14/h2-8,13,15H,9-12H2,1H3. The van der Waals surface area contributed by atoms with Crippen LogP contribution in [0, 0.1) is 0 Å². The molecule has 0 radical (unpaired) electrons. The maximum absolute atomic E-state index is 12.8. The summed E-state index contributed by atoms with van der Waals surface area (Å²) in [7, 11) is 1.46. The van der Waals surface area contributed by atoms with Gasteiger partial charge in [0.15, 0.2) is 0 Å². The Morgan fingerprint density at radius 3 is 2.27 bits per heavy atom. The highest BCUT2D eigenvalue weighted by Gasteiger charge is 2.34. The average Bonchev–Trinajstić information content (AvgIpc) is 2.92. The van der Waals surface area contributed by atoms with Crippen molar-refractivity contribution in [3.63, 3.8) is 0 Å². The molecule has 5 heteroatoms. The lowest BCUT2D eigenvalue weighted by Crippen LogP contribution is -2.38. The molecule has 0 unspecified atom stereocenters.